The number of allylic oxidation sites excluding steroid dienone is 5. The quantitative estimate of drug-likeness (QED) is 0.0192. The van der Waals surface area contributed by atoms with Crippen LogP contribution >= 0.6 is 15.9 Å². The summed E-state index contributed by atoms with van der Waals surface area (Å²) in [6, 6.07) is 0. The van der Waals surface area contributed by atoms with Gasteiger partial charge < -0.3 is 47.9 Å². The Kier molecular flexibility index (Phi) is 25.6. The summed E-state index contributed by atoms with van der Waals surface area (Å²) >= 11 is 3.13. The van der Waals surface area contributed by atoms with Crippen LogP contribution in [0.15, 0.2) is 63.3 Å². The molecule has 18 atom stereocenters. The zero-order valence-electron chi connectivity index (χ0n) is 76.2. The number of carboxylic acid groups (broad SMARTS) is 2. The van der Waals surface area contributed by atoms with Crippen molar-refractivity contribution in [2.75, 3.05) is 5.33 Å². The number of unbranched alkanes of at least 4 members (excludes halogenated alkanes) is 3. The number of esters is 2. The van der Waals surface area contributed by atoms with Gasteiger partial charge in [-0.2, -0.15) is 0 Å². The van der Waals surface area contributed by atoms with Crippen molar-refractivity contribution in [2.45, 2.75) is 227 Å². The van der Waals surface area contributed by atoms with Crippen molar-refractivity contribution in [1.29, 1.82) is 0 Å². The third-order valence-electron chi connectivity index (χ3n) is 19.0. The van der Waals surface area contributed by atoms with Gasteiger partial charge in [-0.1, -0.05) is 89.2 Å². The zero-order valence-corrected chi connectivity index (χ0v) is 53.7. The topological polar surface area (TPSA) is 160 Å². The first-order chi connectivity index (χ1) is 49.1. The van der Waals surface area contributed by atoms with E-state index in [9.17, 15) is 34.5 Å². The van der Waals surface area contributed by atoms with Gasteiger partial charge in [-0.3, -0.25) is 19.2 Å². The number of aliphatic hydroxyl groups is 1. The molecule has 10 nitrogen and oxygen atoms in total. The van der Waals surface area contributed by atoms with E-state index in [1.165, 1.54) is 83.1 Å². The summed E-state index contributed by atoms with van der Waals surface area (Å²) < 4.78 is 147. The maximum Gasteiger partial charge on any atom is 2.00 e. The number of epoxide rings is 1. The van der Waals surface area contributed by atoms with Crippen LogP contribution in [0.1, 0.15) is 238 Å². The minimum absolute atomic E-state index is 0. The Labute approximate surface area is 558 Å². The van der Waals surface area contributed by atoms with Gasteiger partial charge >= 0.3 is 46.9 Å². The predicted molar refractivity (Wildman–Crippen MR) is 353 cm³/mol. The normalized spacial score (nSPS) is 33.8. The van der Waals surface area contributed by atoms with Gasteiger partial charge in [0, 0.05) is 45.4 Å². The van der Waals surface area contributed by atoms with Crippen LogP contribution < -0.4 is 17.0 Å². The number of alkyl halides is 1. The SMILES string of the molecule is C.C1C[C@@H]2C[C@H]1[C@H]1O[C@@H]21.C=CCBr.C=CCCC[C@@H]1[C@@H]2CC[C@@H](C2)[C@H]1O.C=CCCC[C@@H]1[C@@H]2CC[C@@H](C2)[C@H]1OC(=O)C[C@H](C(=O)O)C(C)(C)C.C=CCCC[C@H]1[C@H]2CC[C@H](C2)[C@@H]1OC(=O)C[C@H](C(=O)O)C(C)(C)C.C=C[CH2-].[2H-].[2HH].[2H][2H].[2H][2H].[2H][2H].[2H][2H].[2H][2H].[2H][2H].[2H][2H].[2H][2H].[2H][2H].[2H][2H].[2H][2H].[2H][2H].[2H][2H].[Br-].[Mg+2]. The second-order valence-electron chi connectivity index (χ2n) is 26.1. The molecule has 8 aliphatic carbocycles. The van der Waals surface area contributed by atoms with Gasteiger partial charge in [-0.25, -0.2) is 19.6 Å². The Bertz CT molecular complexity index is 1860. The van der Waals surface area contributed by atoms with Crippen LogP contribution in [0.25, 0.3) is 0 Å². The molecule has 478 valence electrons. The van der Waals surface area contributed by atoms with Gasteiger partial charge in [-0.05, 0) is 211 Å². The zero-order chi connectivity index (χ0) is 82.3. The molecule has 0 radical (unpaired) electrons. The molecule has 0 aromatic rings. The Balaban J connectivity index is -0.0000000725. The van der Waals surface area contributed by atoms with Crippen LogP contribution in [0.4, 0.5) is 0 Å². The van der Waals surface area contributed by atoms with Gasteiger partial charge in [-0.15, -0.1) is 26.3 Å². The van der Waals surface area contributed by atoms with Crippen molar-refractivity contribution in [3.05, 3.63) is 70.2 Å². The average Bonchev–Trinajstić information content (AvgIpc) is 1.58. The molecule has 0 aromatic carbocycles. The second-order valence-corrected chi connectivity index (χ2v) is 26.7. The summed E-state index contributed by atoms with van der Waals surface area (Å²) in [5.41, 5.74) is -0.911. The Morgan fingerprint density at radius 2 is 0.899 bits per heavy atom. The number of rotatable bonds is 21. The molecular formula is C66H137Br2MgO10-. The molecule has 3 N–H and O–H groups in total. The number of halogens is 2. The van der Waals surface area contributed by atoms with Crippen LogP contribution in [0.2, 0.25) is 0 Å². The van der Waals surface area contributed by atoms with Gasteiger partial charge in [0.2, 0.25) is 0 Å². The molecule has 8 bridgehead atoms. The summed E-state index contributed by atoms with van der Waals surface area (Å²) in [6.07, 6.45) is 36.0. The smallest absolute Gasteiger partial charge is 1.00 e. The van der Waals surface area contributed by atoms with E-state index in [0.717, 1.165) is 93.1 Å². The number of ether oxygens (including phenoxy) is 3. The molecular weight excluding hydrogens is 1140 g/mol. The van der Waals surface area contributed by atoms with E-state index in [4.69, 9.17) is 52.8 Å². The standard InChI is InChI=1S/2C20H32O4.C12H20O.C7H10O.C3H5Br.C3H5.CH4.BrH.Mg.14H2.H/c2*1-5-6-7-8-15-13-9-10-14(11-13)18(15)24-17(21)12-16(19(22)23)20(2,3)4;1-2-3-4-5-11-9-6-7-10(8-9)12(11)13;1-2-5-3-4(1)6-7(5)8-6;1-2-3-4;1-3-2;;;;;;;;;;;;;;;;;;/h2*5,13-16,18H,1,6-12H2,2-4H3,(H,22,23);2,9-13H,1,3-8H2;4-7H,1-3H2;2H,1,3H2;3H,1-2H2;1H4;1H;;14*1H;/q;;;;;-1;;;+2;;;;;;;;;;;;;;;-1/p-1/t13-,14+,15-,16+,18-;13-,14+,15-,16-,18-;9-,10+,11-,12-;4-,5+,6+,7-;;;;;;;;;;;;;;;;;;;;/m011...................../s1/i;;;;;;;;;13*1+1D;2*1+1. The molecule has 0 aromatic heterocycles. The number of aliphatic carboxylic acids is 2. The number of hydrogen-bond donors (Lipinski definition) is 3. The molecule has 79 heavy (non-hydrogen) atoms. The van der Waals surface area contributed by atoms with Crippen LogP contribution in [0, 0.1) is 94.7 Å². The molecule has 13 heteroatoms. The number of carbonyl (C=O) groups is 4. The van der Waals surface area contributed by atoms with E-state index >= 15 is 0 Å². The summed E-state index contributed by atoms with van der Waals surface area (Å²) in [7, 11) is 0. The summed E-state index contributed by atoms with van der Waals surface area (Å²) in [5.74, 6) is 3.37. The molecule has 1 heterocycles. The first kappa shape index (κ1) is 55.0. The number of hydrogen-bond acceptors (Lipinski definition) is 8. The monoisotopic (exact) mass is 1300 g/mol. The minimum Gasteiger partial charge on any atom is -1.00 e. The van der Waals surface area contributed by atoms with Gasteiger partial charge in [0.05, 0.1) is 43.0 Å². The number of carboxylic acids is 2. The summed E-state index contributed by atoms with van der Waals surface area (Å²) in [4.78, 5) is 47.8. The third kappa shape index (κ3) is 22.6. The fourth-order valence-corrected chi connectivity index (χ4v) is 15.0. The maximum atomic E-state index is 12.4. The maximum absolute atomic E-state index is 12.4. The largest absolute Gasteiger partial charge is 2.00 e. The summed E-state index contributed by atoms with van der Waals surface area (Å²) in [5, 5.41) is 29.7. The molecule has 9 rings (SSSR count). The van der Waals surface area contributed by atoms with Crippen molar-refractivity contribution >= 4 is 62.9 Å². The van der Waals surface area contributed by atoms with Crippen LogP contribution in [-0.4, -0.2) is 98.1 Å². The van der Waals surface area contributed by atoms with Crippen LogP contribution in [-0.2, 0) is 33.4 Å². The van der Waals surface area contributed by atoms with Crippen molar-refractivity contribution < 1.29 is 107 Å². The van der Waals surface area contributed by atoms with Crippen LogP contribution in [0.3, 0.4) is 0 Å². The first-order valence-electron chi connectivity index (χ1n) is 42.7. The fourth-order valence-electron chi connectivity index (χ4n) is 15.0. The molecule has 9 aliphatic rings. The van der Waals surface area contributed by atoms with Gasteiger partial charge in [0.25, 0.3) is 0 Å². The third-order valence-corrected chi connectivity index (χ3v) is 19.4. The van der Waals surface area contributed by atoms with E-state index in [1.54, 1.807) is 6.08 Å². The van der Waals surface area contributed by atoms with E-state index < -0.39 is 34.6 Å². The van der Waals surface area contributed by atoms with E-state index in [1.807, 2.05) is 59.8 Å². The van der Waals surface area contributed by atoms with E-state index in [2.05, 4.69) is 55.7 Å². The molecule has 0 spiro atoms. The molecule has 9 fully saturated rings. The Hall–Kier alpha value is -1.90. The Morgan fingerprint density at radius 3 is 1.18 bits per heavy atom. The van der Waals surface area contributed by atoms with Crippen molar-refractivity contribution in [3.63, 3.8) is 0 Å². The molecule has 1 saturated heterocycles. The van der Waals surface area contributed by atoms with Crippen LogP contribution in [0.5, 0.6) is 0 Å². The number of aliphatic hydroxyl groups excluding tert-OH is 1. The number of carbonyl (C=O) groups excluding carboxylic acids is 2. The van der Waals surface area contributed by atoms with Gasteiger partial charge in [0.1, 0.15) is 12.2 Å². The predicted octanol–water partition coefficient (Wildman–Crippen LogP) is 16.2. The fraction of sp³-hybridized carbons (Fsp3) is 0.773. The van der Waals surface area contributed by atoms with E-state index in [0.29, 0.717) is 47.3 Å². The van der Waals surface area contributed by atoms with Crippen molar-refractivity contribution in [1.82, 2.24) is 0 Å². The molecule has 0 unspecified atom stereocenters. The van der Waals surface area contributed by atoms with Crippen molar-refractivity contribution in [2.24, 2.45) is 87.8 Å². The molecule has 0 amide bonds. The number of fused-ring (bicyclic) bond motifs is 11. The van der Waals surface area contributed by atoms with E-state index in [-0.39, 0.29) is 93.4 Å². The molecule has 1 aliphatic heterocycles. The second kappa shape index (κ2) is 36.7. The van der Waals surface area contributed by atoms with Crippen molar-refractivity contribution in [3.8, 4) is 0 Å². The summed E-state index contributed by atoms with van der Waals surface area (Å²) in [6.45, 7) is 32.3. The minimum atomic E-state index is -0.921. The Morgan fingerprint density at radius 1 is 0.608 bits per heavy atom. The first-order valence-corrected chi connectivity index (χ1v) is 30.8. The molecule has 8 saturated carbocycles. The van der Waals surface area contributed by atoms with Gasteiger partial charge in [0.15, 0.2) is 0 Å². The average molecular weight is 1300 g/mol.